The molecule has 1 amide bonds. The van der Waals surface area contributed by atoms with Crippen LogP contribution < -0.4 is 10.1 Å². The minimum Gasteiger partial charge on any atom is -0.497 e. The molecular weight excluding hydrogens is 363 g/mol. The highest BCUT2D eigenvalue weighted by atomic mass is 19.1. The van der Waals surface area contributed by atoms with Gasteiger partial charge in [-0.25, -0.2) is 9.07 Å². The van der Waals surface area contributed by atoms with Crippen LogP contribution in [0.15, 0.2) is 48.5 Å². The summed E-state index contributed by atoms with van der Waals surface area (Å²) in [5.74, 6) is 0.0704. The van der Waals surface area contributed by atoms with Crippen LogP contribution in [0.2, 0.25) is 0 Å². The number of benzene rings is 2. The molecule has 1 atom stereocenters. The van der Waals surface area contributed by atoms with Crippen LogP contribution in [0, 0.1) is 5.82 Å². The second-order valence-corrected chi connectivity index (χ2v) is 6.45. The van der Waals surface area contributed by atoms with Crippen LogP contribution in [0.4, 0.5) is 4.39 Å². The summed E-state index contributed by atoms with van der Waals surface area (Å²) >= 11 is 0. The molecular formula is C20H19FN4O3. The number of methoxy groups -OCH3 is 1. The minimum absolute atomic E-state index is 0.177. The molecule has 3 aromatic rings. The zero-order valence-electron chi connectivity index (χ0n) is 15.3. The Balaban J connectivity index is 1.43. The van der Waals surface area contributed by atoms with Crippen LogP contribution in [-0.2, 0) is 24.4 Å². The summed E-state index contributed by atoms with van der Waals surface area (Å²) in [5, 5.41) is 10.9. The van der Waals surface area contributed by atoms with E-state index < -0.39 is 0 Å². The Morgan fingerprint density at radius 3 is 2.89 bits per heavy atom. The molecule has 28 heavy (non-hydrogen) atoms. The van der Waals surface area contributed by atoms with Crippen LogP contribution in [0.25, 0.3) is 0 Å². The molecule has 0 unspecified atom stereocenters. The van der Waals surface area contributed by atoms with E-state index in [1.165, 1.54) is 12.1 Å². The van der Waals surface area contributed by atoms with Crippen LogP contribution in [0.5, 0.6) is 5.75 Å². The average Bonchev–Trinajstić information content (AvgIpc) is 3.15. The maximum absolute atomic E-state index is 13.2. The number of aromatic nitrogens is 3. The first-order valence-corrected chi connectivity index (χ1v) is 8.84. The summed E-state index contributed by atoms with van der Waals surface area (Å²) in [7, 11) is 1.62. The van der Waals surface area contributed by atoms with E-state index in [0.717, 1.165) is 11.3 Å². The van der Waals surface area contributed by atoms with E-state index in [4.69, 9.17) is 9.47 Å². The summed E-state index contributed by atoms with van der Waals surface area (Å²) in [6.07, 6.45) is -0.177. The quantitative estimate of drug-likeness (QED) is 0.734. The number of fused-ring (bicyclic) bond motifs is 1. The Hall–Kier alpha value is -3.26. The monoisotopic (exact) mass is 382 g/mol. The van der Waals surface area contributed by atoms with Gasteiger partial charge in [0.2, 0.25) is 0 Å². The van der Waals surface area contributed by atoms with E-state index in [1.807, 2.05) is 24.3 Å². The van der Waals surface area contributed by atoms with Crippen molar-refractivity contribution >= 4 is 5.91 Å². The number of carbonyl (C=O) groups is 1. The van der Waals surface area contributed by atoms with E-state index in [2.05, 4.69) is 15.6 Å². The summed E-state index contributed by atoms with van der Waals surface area (Å²) in [5.41, 5.74) is 2.52. The van der Waals surface area contributed by atoms with Gasteiger partial charge < -0.3 is 14.8 Å². The Labute approximate surface area is 161 Å². The maximum atomic E-state index is 13.2. The Kier molecular flexibility index (Phi) is 5.03. The van der Waals surface area contributed by atoms with Crippen molar-refractivity contribution in [3.63, 3.8) is 0 Å². The summed E-state index contributed by atoms with van der Waals surface area (Å²) in [6.45, 7) is 0.899. The van der Waals surface area contributed by atoms with E-state index in [-0.39, 0.29) is 36.7 Å². The lowest BCUT2D eigenvalue weighted by Crippen LogP contribution is -2.27. The van der Waals surface area contributed by atoms with E-state index in [9.17, 15) is 9.18 Å². The predicted octanol–water partition coefficient (Wildman–Crippen LogP) is 2.63. The molecule has 0 radical (unpaired) electrons. The second kappa shape index (κ2) is 7.77. The summed E-state index contributed by atoms with van der Waals surface area (Å²) < 4.78 is 26.0. The first-order chi connectivity index (χ1) is 13.6. The van der Waals surface area contributed by atoms with Crippen molar-refractivity contribution in [3.05, 3.63) is 76.9 Å². The van der Waals surface area contributed by atoms with Gasteiger partial charge in [0, 0.05) is 6.54 Å². The van der Waals surface area contributed by atoms with Gasteiger partial charge in [-0.05, 0) is 35.4 Å². The van der Waals surface area contributed by atoms with Gasteiger partial charge in [0.1, 0.15) is 17.7 Å². The van der Waals surface area contributed by atoms with Crippen molar-refractivity contribution in [1.82, 2.24) is 20.3 Å². The smallest absolute Gasteiger partial charge is 0.274 e. The highest BCUT2D eigenvalue weighted by Gasteiger charge is 2.27. The molecule has 1 aromatic heterocycles. The fourth-order valence-corrected chi connectivity index (χ4v) is 3.12. The van der Waals surface area contributed by atoms with Crippen molar-refractivity contribution in [1.29, 1.82) is 0 Å². The van der Waals surface area contributed by atoms with Crippen molar-refractivity contribution < 1.29 is 18.7 Å². The van der Waals surface area contributed by atoms with Gasteiger partial charge in [-0.15, -0.1) is 5.10 Å². The number of hydrogen-bond donors (Lipinski definition) is 1. The number of nitrogens with zero attached hydrogens (tertiary/aromatic N) is 3. The SMILES string of the molecule is COc1ccc([C@H]2Cn3nnc(C(=O)NCc4cccc(F)c4)c3CO2)cc1. The average molecular weight is 382 g/mol. The minimum atomic E-state index is -0.364. The number of ether oxygens (including phenoxy) is 2. The van der Waals surface area contributed by atoms with E-state index in [1.54, 1.807) is 23.9 Å². The fraction of sp³-hybridized carbons (Fsp3) is 0.250. The molecule has 8 heteroatoms. The number of rotatable bonds is 5. The molecule has 2 heterocycles. The third-order valence-electron chi connectivity index (χ3n) is 4.64. The maximum Gasteiger partial charge on any atom is 0.274 e. The Bertz CT molecular complexity index is 987. The molecule has 2 aromatic carbocycles. The molecule has 1 aliphatic heterocycles. The number of carbonyl (C=O) groups excluding carboxylic acids is 1. The molecule has 0 fully saturated rings. The van der Waals surface area contributed by atoms with Crippen molar-refractivity contribution in [3.8, 4) is 5.75 Å². The van der Waals surface area contributed by atoms with E-state index >= 15 is 0 Å². The number of halogens is 1. The predicted molar refractivity (Wildman–Crippen MR) is 98.1 cm³/mol. The second-order valence-electron chi connectivity index (χ2n) is 6.45. The number of nitrogens with one attached hydrogen (secondary N) is 1. The van der Waals surface area contributed by atoms with Gasteiger partial charge in [0.25, 0.3) is 5.91 Å². The zero-order chi connectivity index (χ0) is 19.5. The first kappa shape index (κ1) is 18.1. The highest BCUT2D eigenvalue weighted by Crippen LogP contribution is 2.28. The van der Waals surface area contributed by atoms with Crippen LogP contribution in [0.3, 0.4) is 0 Å². The molecule has 1 aliphatic rings. The molecule has 7 nitrogen and oxygen atoms in total. The molecule has 0 aliphatic carbocycles. The topological polar surface area (TPSA) is 78.3 Å². The van der Waals surface area contributed by atoms with Gasteiger partial charge >= 0.3 is 0 Å². The molecule has 4 rings (SSSR count). The third kappa shape index (κ3) is 3.72. The van der Waals surface area contributed by atoms with Gasteiger partial charge in [-0.1, -0.05) is 29.5 Å². The summed E-state index contributed by atoms with van der Waals surface area (Å²) in [4.78, 5) is 12.5. The number of hydrogen-bond acceptors (Lipinski definition) is 5. The zero-order valence-corrected chi connectivity index (χ0v) is 15.3. The van der Waals surface area contributed by atoms with Gasteiger partial charge in [-0.2, -0.15) is 0 Å². The third-order valence-corrected chi connectivity index (χ3v) is 4.64. The van der Waals surface area contributed by atoms with E-state index in [0.29, 0.717) is 17.8 Å². The van der Waals surface area contributed by atoms with Crippen LogP contribution >= 0.6 is 0 Å². The summed E-state index contributed by atoms with van der Waals surface area (Å²) in [6, 6.07) is 13.7. The Morgan fingerprint density at radius 1 is 1.32 bits per heavy atom. The lowest BCUT2D eigenvalue weighted by atomic mass is 10.1. The first-order valence-electron chi connectivity index (χ1n) is 8.84. The largest absolute Gasteiger partial charge is 0.497 e. The van der Waals surface area contributed by atoms with Crippen LogP contribution in [0.1, 0.15) is 33.4 Å². The van der Waals surface area contributed by atoms with Crippen LogP contribution in [-0.4, -0.2) is 28.0 Å². The highest BCUT2D eigenvalue weighted by molar-refractivity contribution is 5.93. The lowest BCUT2D eigenvalue weighted by molar-refractivity contribution is -0.00179. The van der Waals surface area contributed by atoms with Crippen molar-refractivity contribution in [2.45, 2.75) is 25.8 Å². The van der Waals surface area contributed by atoms with Gasteiger partial charge in [-0.3, -0.25) is 4.79 Å². The van der Waals surface area contributed by atoms with Gasteiger partial charge in [0.15, 0.2) is 5.69 Å². The standard InChI is InChI=1S/C20H19FN4O3/c1-27-16-7-5-14(6-8-16)18-11-25-17(12-28-18)19(23-24-25)20(26)22-10-13-3-2-4-15(21)9-13/h2-9,18H,10-12H2,1H3,(H,22,26)/t18-/m1/s1. The normalized spacial score (nSPS) is 15.7. The molecule has 144 valence electrons. The molecule has 0 bridgehead atoms. The van der Waals surface area contributed by atoms with Crippen molar-refractivity contribution in [2.75, 3.05) is 7.11 Å². The molecule has 0 saturated heterocycles. The molecule has 1 N–H and O–H groups in total. The Morgan fingerprint density at radius 2 is 2.14 bits per heavy atom. The molecule has 0 spiro atoms. The lowest BCUT2D eigenvalue weighted by Gasteiger charge is -2.24. The fourth-order valence-electron chi connectivity index (χ4n) is 3.12. The number of amides is 1. The van der Waals surface area contributed by atoms with Gasteiger partial charge in [0.05, 0.1) is 26.0 Å². The van der Waals surface area contributed by atoms with Crippen molar-refractivity contribution in [2.24, 2.45) is 0 Å². The molecule has 0 saturated carbocycles.